The molecule has 178 valence electrons. The second-order valence-electron chi connectivity index (χ2n) is 7.02. The van der Waals surface area contributed by atoms with Gasteiger partial charge in [0.25, 0.3) is 0 Å². The highest BCUT2D eigenvalue weighted by Gasteiger charge is 2.08. The van der Waals surface area contributed by atoms with Crippen LogP contribution in [0.2, 0.25) is 0 Å². The van der Waals surface area contributed by atoms with Crippen molar-refractivity contribution in [2.24, 2.45) is 0 Å². The van der Waals surface area contributed by atoms with Crippen molar-refractivity contribution in [1.29, 1.82) is 0 Å². The van der Waals surface area contributed by atoms with Crippen LogP contribution in [0, 0.1) is 0 Å². The summed E-state index contributed by atoms with van der Waals surface area (Å²) in [4.78, 5) is 29.3. The van der Waals surface area contributed by atoms with Gasteiger partial charge < -0.3 is 19.2 Å². The number of hydrogen-bond acceptors (Lipinski definition) is 4. The van der Waals surface area contributed by atoms with Crippen LogP contribution in [0.4, 0.5) is 4.79 Å². The Hall–Kier alpha value is -2.95. The minimum absolute atomic E-state index is 0.194. The molecule has 0 N–H and O–H groups in total. The fraction of sp³-hybridized carbons (Fsp3) is 0.444. The van der Waals surface area contributed by atoms with Crippen molar-refractivity contribution in [3.8, 4) is 0 Å². The van der Waals surface area contributed by atoms with Crippen LogP contribution >= 0.6 is 0 Å². The third-order valence-corrected chi connectivity index (χ3v) is 4.59. The molecule has 0 unspecified atom stereocenters. The maximum atomic E-state index is 11.7. The Bertz CT molecular complexity index is 647. The monoisotopic (exact) mass is 443 g/mol. The standard InChI is InChI=1S/C17H27NO2.C8H10.2CH2O/c1-3-4-9-14-18(2)17(19)20-15-10-8-13-16-11-6-5-7-12-16;1-2-8-6-4-3-5-7-8;2*1-2/h5-7,11-12H,3-4,8-10,13-15H2,1-2H3;3-7H,2H2,1H3;2*1H2. The van der Waals surface area contributed by atoms with Gasteiger partial charge in [0.2, 0.25) is 0 Å². The quantitative estimate of drug-likeness (QED) is 0.413. The molecule has 2 rings (SSSR count). The molecule has 2 aromatic rings. The molecule has 1 amide bonds. The van der Waals surface area contributed by atoms with E-state index in [1.807, 2.05) is 32.8 Å². The second kappa shape index (κ2) is 24.3. The smallest absolute Gasteiger partial charge is 0.409 e. The molecule has 0 aliphatic rings. The molecule has 5 heteroatoms. The van der Waals surface area contributed by atoms with Gasteiger partial charge in [0.15, 0.2) is 0 Å². The minimum Gasteiger partial charge on any atom is -0.449 e. The highest BCUT2D eigenvalue weighted by molar-refractivity contribution is 5.67. The SMILES string of the molecule is C=O.C=O.CCCCCN(C)C(=O)OCCCCc1ccccc1.CCc1ccccc1. The molecule has 0 aliphatic heterocycles. The molecule has 0 atom stereocenters. The van der Waals surface area contributed by atoms with Crippen molar-refractivity contribution in [3.63, 3.8) is 0 Å². The van der Waals surface area contributed by atoms with Gasteiger partial charge in [0.05, 0.1) is 6.61 Å². The Balaban J connectivity index is 0. The van der Waals surface area contributed by atoms with Crippen molar-refractivity contribution < 1.29 is 19.1 Å². The van der Waals surface area contributed by atoms with Gasteiger partial charge in [-0.3, -0.25) is 0 Å². The van der Waals surface area contributed by atoms with E-state index in [1.54, 1.807) is 4.90 Å². The first kappa shape index (κ1) is 31.2. The van der Waals surface area contributed by atoms with Crippen molar-refractivity contribution in [1.82, 2.24) is 4.90 Å². The molecular weight excluding hydrogens is 402 g/mol. The lowest BCUT2D eigenvalue weighted by Crippen LogP contribution is -2.28. The average Bonchev–Trinajstić information content (AvgIpc) is 2.87. The normalized spacial score (nSPS) is 8.97. The van der Waals surface area contributed by atoms with Crippen LogP contribution in [0.15, 0.2) is 60.7 Å². The van der Waals surface area contributed by atoms with Crippen molar-refractivity contribution in [3.05, 3.63) is 71.8 Å². The van der Waals surface area contributed by atoms with Crippen molar-refractivity contribution in [2.45, 2.75) is 58.8 Å². The first-order chi connectivity index (χ1) is 15.7. The molecule has 0 aromatic heterocycles. The molecule has 0 bridgehead atoms. The lowest BCUT2D eigenvalue weighted by molar-refractivity contribution is -0.0987. The van der Waals surface area contributed by atoms with Crippen LogP contribution in [0.25, 0.3) is 0 Å². The molecule has 0 heterocycles. The second-order valence-corrected chi connectivity index (χ2v) is 7.02. The molecule has 0 fully saturated rings. The minimum atomic E-state index is -0.194. The first-order valence-corrected chi connectivity index (χ1v) is 11.2. The van der Waals surface area contributed by atoms with E-state index < -0.39 is 0 Å². The summed E-state index contributed by atoms with van der Waals surface area (Å²) in [6.45, 7) is 9.63. The fourth-order valence-electron chi connectivity index (χ4n) is 2.75. The van der Waals surface area contributed by atoms with Crippen molar-refractivity contribution >= 4 is 19.7 Å². The number of amides is 1. The summed E-state index contributed by atoms with van der Waals surface area (Å²) in [5, 5.41) is 0. The number of nitrogens with zero attached hydrogens (tertiary/aromatic N) is 1. The van der Waals surface area contributed by atoms with Crippen LogP contribution in [-0.4, -0.2) is 44.8 Å². The molecule has 0 radical (unpaired) electrons. The number of carbonyl (C=O) groups excluding carboxylic acids is 3. The van der Waals surface area contributed by atoms with Gasteiger partial charge in [-0.2, -0.15) is 0 Å². The molecule has 0 aliphatic carbocycles. The molecule has 0 saturated carbocycles. The van der Waals surface area contributed by atoms with E-state index in [0.29, 0.717) is 6.61 Å². The molecule has 0 spiro atoms. The molecular formula is C27H41NO4. The molecule has 0 saturated heterocycles. The zero-order chi connectivity index (χ0) is 24.5. The predicted octanol–water partition coefficient (Wildman–Crippen LogP) is 6.15. The maximum Gasteiger partial charge on any atom is 0.409 e. The van der Waals surface area contributed by atoms with Crippen LogP contribution in [0.5, 0.6) is 0 Å². The Kier molecular flexibility index (Phi) is 23.7. The van der Waals surface area contributed by atoms with Gasteiger partial charge in [-0.05, 0) is 43.2 Å². The first-order valence-electron chi connectivity index (χ1n) is 11.2. The maximum absolute atomic E-state index is 11.7. The third-order valence-electron chi connectivity index (χ3n) is 4.59. The summed E-state index contributed by atoms with van der Waals surface area (Å²) in [6.07, 6.45) is 7.35. The summed E-state index contributed by atoms with van der Waals surface area (Å²) in [5.41, 5.74) is 2.75. The lowest BCUT2D eigenvalue weighted by atomic mass is 10.1. The molecule has 5 nitrogen and oxygen atoms in total. The van der Waals surface area contributed by atoms with E-state index >= 15 is 0 Å². The van der Waals surface area contributed by atoms with Crippen LogP contribution in [0.1, 0.15) is 57.1 Å². The number of carbonyl (C=O) groups is 3. The van der Waals surface area contributed by atoms with E-state index in [0.717, 1.165) is 45.1 Å². The third kappa shape index (κ3) is 17.9. The van der Waals surface area contributed by atoms with Gasteiger partial charge >= 0.3 is 6.09 Å². The number of hydrogen-bond donors (Lipinski definition) is 0. The number of unbranched alkanes of at least 4 members (excludes halogenated alkanes) is 3. The van der Waals surface area contributed by atoms with E-state index in [9.17, 15) is 4.79 Å². The van der Waals surface area contributed by atoms with Gasteiger partial charge in [0, 0.05) is 13.6 Å². The van der Waals surface area contributed by atoms with E-state index in [1.165, 1.54) is 17.5 Å². The number of benzene rings is 2. The lowest BCUT2D eigenvalue weighted by Gasteiger charge is -2.16. The number of aryl methyl sites for hydroxylation is 2. The van der Waals surface area contributed by atoms with Crippen molar-refractivity contribution in [2.75, 3.05) is 20.2 Å². The van der Waals surface area contributed by atoms with Crippen LogP contribution < -0.4 is 0 Å². The highest BCUT2D eigenvalue weighted by atomic mass is 16.6. The zero-order valence-electron chi connectivity index (χ0n) is 20.1. The Labute approximate surface area is 194 Å². The van der Waals surface area contributed by atoms with E-state index in [4.69, 9.17) is 14.3 Å². The average molecular weight is 444 g/mol. The summed E-state index contributed by atoms with van der Waals surface area (Å²) in [6, 6.07) is 20.9. The van der Waals surface area contributed by atoms with E-state index in [2.05, 4.69) is 62.4 Å². The molecule has 32 heavy (non-hydrogen) atoms. The largest absolute Gasteiger partial charge is 0.449 e. The Morgan fingerprint density at radius 1 is 0.781 bits per heavy atom. The van der Waals surface area contributed by atoms with Gasteiger partial charge in [-0.1, -0.05) is 87.4 Å². The highest BCUT2D eigenvalue weighted by Crippen LogP contribution is 2.05. The Morgan fingerprint density at radius 3 is 1.78 bits per heavy atom. The Morgan fingerprint density at radius 2 is 1.31 bits per heavy atom. The number of rotatable bonds is 10. The topological polar surface area (TPSA) is 63.7 Å². The fourth-order valence-corrected chi connectivity index (χ4v) is 2.75. The van der Waals surface area contributed by atoms with Crippen LogP contribution in [-0.2, 0) is 27.2 Å². The summed E-state index contributed by atoms with van der Waals surface area (Å²) >= 11 is 0. The van der Waals surface area contributed by atoms with Crippen LogP contribution in [0.3, 0.4) is 0 Å². The molecule has 2 aromatic carbocycles. The number of ether oxygens (including phenoxy) is 1. The summed E-state index contributed by atoms with van der Waals surface area (Å²) < 4.78 is 5.26. The van der Waals surface area contributed by atoms with E-state index in [-0.39, 0.29) is 6.09 Å². The zero-order valence-corrected chi connectivity index (χ0v) is 20.1. The summed E-state index contributed by atoms with van der Waals surface area (Å²) in [5.74, 6) is 0. The van der Waals surface area contributed by atoms with Gasteiger partial charge in [-0.25, -0.2) is 4.79 Å². The summed E-state index contributed by atoms with van der Waals surface area (Å²) in [7, 11) is 1.81. The van der Waals surface area contributed by atoms with Gasteiger partial charge in [-0.15, -0.1) is 0 Å². The van der Waals surface area contributed by atoms with Gasteiger partial charge in [0.1, 0.15) is 13.6 Å². The predicted molar refractivity (Wildman–Crippen MR) is 133 cm³/mol.